The summed E-state index contributed by atoms with van der Waals surface area (Å²) in [4.78, 5) is 10.5. The molecule has 2 heteroatoms. The number of carbonyl (C=O) groups is 1. The first kappa shape index (κ1) is 10.4. The van der Waals surface area contributed by atoms with E-state index in [0.717, 1.165) is 11.6 Å². The van der Waals surface area contributed by atoms with Gasteiger partial charge >= 0.3 is 0 Å². The maximum absolute atomic E-state index is 12.7. The molecule has 0 radical (unpaired) electrons. The second kappa shape index (κ2) is 5.12. The average Bonchev–Trinajstić information content (AvgIpc) is 2.19. The van der Waals surface area contributed by atoms with E-state index in [9.17, 15) is 9.18 Å². The summed E-state index contributed by atoms with van der Waals surface area (Å²) in [6.45, 7) is 1.20. The summed E-state index contributed by atoms with van der Waals surface area (Å²) in [5, 5.41) is 0. The SMILES string of the molecule is CC(=O)/C(F)=C/C=C/c1ccccc1. The van der Waals surface area contributed by atoms with Crippen LogP contribution in [0.15, 0.2) is 48.3 Å². The minimum Gasteiger partial charge on any atom is -0.292 e. The maximum atomic E-state index is 12.7. The number of rotatable bonds is 3. The van der Waals surface area contributed by atoms with Crippen LogP contribution in [0.2, 0.25) is 0 Å². The summed E-state index contributed by atoms with van der Waals surface area (Å²) in [6, 6.07) is 9.49. The molecule has 1 aromatic rings. The van der Waals surface area contributed by atoms with Crippen LogP contribution in [0, 0.1) is 0 Å². The van der Waals surface area contributed by atoms with Gasteiger partial charge in [-0.1, -0.05) is 42.5 Å². The molecular weight excluding hydrogens is 179 g/mol. The van der Waals surface area contributed by atoms with E-state index in [0.29, 0.717) is 0 Å². The molecule has 0 aliphatic rings. The highest BCUT2D eigenvalue weighted by atomic mass is 19.1. The van der Waals surface area contributed by atoms with Crippen molar-refractivity contribution in [2.24, 2.45) is 0 Å². The molecule has 0 unspecified atom stereocenters. The van der Waals surface area contributed by atoms with Gasteiger partial charge in [-0.3, -0.25) is 4.79 Å². The summed E-state index contributed by atoms with van der Waals surface area (Å²) >= 11 is 0. The van der Waals surface area contributed by atoms with Gasteiger partial charge < -0.3 is 0 Å². The van der Waals surface area contributed by atoms with Gasteiger partial charge in [0, 0.05) is 6.92 Å². The number of halogens is 1. The highest BCUT2D eigenvalue weighted by Crippen LogP contribution is 2.03. The fraction of sp³-hybridized carbons (Fsp3) is 0.0833. The zero-order chi connectivity index (χ0) is 10.4. The predicted octanol–water partition coefficient (Wildman–Crippen LogP) is 3.14. The van der Waals surface area contributed by atoms with E-state index < -0.39 is 11.6 Å². The van der Waals surface area contributed by atoms with Crippen LogP contribution in [0.5, 0.6) is 0 Å². The van der Waals surface area contributed by atoms with Crippen molar-refractivity contribution in [3.63, 3.8) is 0 Å². The molecule has 72 valence electrons. The van der Waals surface area contributed by atoms with Crippen molar-refractivity contribution in [2.45, 2.75) is 6.92 Å². The Labute approximate surface area is 82.6 Å². The third-order valence-corrected chi connectivity index (χ3v) is 1.67. The highest BCUT2D eigenvalue weighted by molar-refractivity contribution is 5.91. The molecule has 0 atom stereocenters. The molecule has 1 nitrogen and oxygen atoms in total. The molecule has 0 amide bonds. The first-order chi connectivity index (χ1) is 6.70. The van der Waals surface area contributed by atoms with Crippen LogP contribution >= 0.6 is 0 Å². The second-order valence-electron chi connectivity index (χ2n) is 2.84. The number of carbonyl (C=O) groups excluding carboxylic acids is 1. The van der Waals surface area contributed by atoms with Crippen molar-refractivity contribution in [3.05, 3.63) is 53.9 Å². The van der Waals surface area contributed by atoms with Crippen LogP contribution in [0.25, 0.3) is 6.08 Å². The lowest BCUT2D eigenvalue weighted by molar-refractivity contribution is -0.114. The normalized spacial score (nSPS) is 12.0. The molecule has 0 aliphatic heterocycles. The minimum absolute atomic E-state index is 0.553. The van der Waals surface area contributed by atoms with Crippen molar-refractivity contribution in [1.82, 2.24) is 0 Å². The lowest BCUT2D eigenvalue weighted by Crippen LogP contribution is -1.87. The molecular formula is C12H11FO. The predicted molar refractivity (Wildman–Crippen MR) is 55.3 cm³/mol. The Kier molecular flexibility index (Phi) is 3.80. The number of allylic oxidation sites excluding steroid dienone is 3. The van der Waals surface area contributed by atoms with Crippen LogP contribution in [0.4, 0.5) is 4.39 Å². The highest BCUT2D eigenvalue weighted by Gasteiger charge is 1.97. The van der Waals surface area contributed by atoms with E-state index in [1.807, 2.05) is 30.3 Å². The van der Waals surface area contributed by atoms with E-state index in [1.165, 1.54) is 13.0 Å². The Hall–Kier alpha value is -1.70. The second-order valence-corrected chi connectivity index (χ2v) is 2.84. The summed E-state index contributed by atoms with van der Waals surface area (Å²) < 4.78 is 12.7. The fourth-order valence-electron chi connectivity index (χ4n) is 0.925. The molecule has 0 aliphatic carbocycles. The summed E-state index contributed by atoms with van der Waals surface area (Å²) in [5.74, 6) is -1.28. The van der Waals surface area contributed by atoms with Gasteiger partial charge in [-0.2, -0.15) is 0 Å². The zero-order valence-electron chi connectivity index (χ0n) is 7.91. The molecule has 0 aromatic heterocycles. The summed E-state index contributed by atoms with van der Waals surface area (Å²) in [6.07, 6.45) is 4.42. The van der Waals surface area contributed by atoms with Gasteiger partial charge in [-0.25, -0.2) is 4.39 Å². The Balaban J connectivity index is 2.66. The van der Waals surface area contributed by atoms with E-state index >= 15 is 0 Å². The van der Waals surface area contributed by atoms with Gasteiger partial charge in [-0.15, -0.1) is 0 Å². The van der Waals surface area contributed by atoms with Gasteiger partial charge in [-0.05, 0) is 11.6 Å². The quantitative estimate of drug-likeness (QED) is 0.528. The third kappa shape index (κ3) is 3.35. The molecule has 0 saturated carbocycles. The molecule has 14 heavy (non-hydrogen) atoms. The Morgan fingerprint density at radius 2 is 1.93 bits per heavy atom. The van der Waals surface area contributed by atoms with Gasteiger partial charge in [0.05, 0.1) is 0 Å². The molecule has 0 spiro atoms. The summed E-state index contributed by atoms with van der Waals surface area (Å²) in [5.41, 5.74) is 0.972. The Morgan fingerprint density at radius 3 is 2.50 bits per heavy atom. The third-order valence-electron chi connectivity index (χ3n) is 1.67. The van der Waals surface area contributed by atoms with Crippen LogP contribution in [0.3, 0.4) is 0 Å². The summed E-state index contributed by atoms with van der Waals surface area (Å²) in [7, 11) is 0. The largest absolute Gasteiger partial charge is 0.292 e. The average molecular weight is 190 g/mol. The van der Waals surface area contributed by atoms with Gasteiger partial charge in [0.15, 0.2) is 11.6 Å². The topological polar surface area (TPSA) is 17.1 Å². The van der Waals surface area contributed by atoms with Gasteiger partial charge in [0.25, 0.3) is 0 Å². The molecule has 0 saturated heterocycles. The van der Waals surface area contributed by atoms with Crippen molar-refractivity contribution < 1.29 is 9.18 Å². The number of hydrogen-bond acceptors (Lipinski definition) is 1. The van der Waals surface area contributed by atoms with E-state index in [-0.39, 0.29) is 0 Å². The van der Waals surface area contributed by atoms with Crippen molar-refractivity contribution >= 4 is 11.9 Å². The molecule has 0 bridgehead atoms. The van der Waals surface area contributed by atoms with Crippen LogP contribution in [-0.2, 0) is 4.79 Å². The van der Waals surface area contributed by atoms with Crippen LogP contribution in [0.1, 0.15) is 12.5 Å². The molecule has 0 fully saturated rings. The molecule has 0 N–H and O–H groups in total. The standard InChI is InChI=1S/C12H11FO/c1-10(14)12(13)9-5-8-11-6-3-2-4-7-11/h2-9H,1H3/b8-5+,12-9-. The van der Waals surface area contributed by atoms with Gasteiger partial charge in [0.1, 0.15) is 0 Å². The molecule has 0 heterocycles. The van der Waals surface area contributed by atoms with Crippen LogP contribution in [-0.4, -0.2) is 5.78 Å². The lowest BCUT2D eigenvalue weighted by atomic mass is 10.2. The minimum atomic E-state index is -0.725. The van der Waals surface area contributed by atoms with Crippen molar-refractivity contribution in [3.8, 4) is 0 Å². The van der Waals surface area contributed by atoms with E-state index in [2.05, 4.69) is 0 Å². The van der Waals surface area contributed by atoms with E-state index in [4.69, 9.17) is 0 Å². The maximum Gasteiger partial charge on any atom is 0.188 e. The van der Waals surface area contributed by atoms with Crippen LogP contribution < -0.4 is 0 Å². The molecule has 1 aromatic carbocycles. The fourth-order valence-corrected chi connectivity index (χ4v) is 0.925. The monoisotopic (exact) mass is 190 g/mol. The lowest BCUT2D eigenvalue weighted by Gasteiger charge is -1.89. The van der Waals surface area contributed by atoms with Gasteiger partial charge in [0.2, 0.25) is 0 Å². The number of benzene rings is 1. The molecule has 1 rings (SSSR count). The zero-order valence-corrected chi connectivity index (χ0v) is 7.91. The van der Waals surface area contributed by atoms with Crippen molar-refractivity contribution in [2.75, 3.05) is 0 Å². The Bertz CT molecular complexity index is 363. The first-order valence-electron chi connectivity index (χ1n) is 4.30. The van der Waals surface area contributed by atoms with Crippen molar-refractivity contribution in [1.29, 1.82) is 0 Å². The smallest absolute Gasteiger partial charge is 0.188 e. The number of ketones is 1. The number of Topliss-reactive ketones (excluding diaryl/α,β-unsaturated/α-hetero) is 1. The first-order valence-corrected chi connectivity index (χ1v) is 4.30. The Morgan fingerprint density at radius 1 is 1.29 bits per heavy atom. The van der Waals surface area contributed by atoms with E-state index in [1.54, 1.807) is 6.08 Å². The number of hydrogen-bond donors (Lipinski definition) is 0.